The number of aliphatic hydroxyl groups is 2. The molecule has 0 amide bonds. The third-order valence-corrected chi connectivity index (χ3v) is 4.87. The lowest BCUT2D eigenvalue weighted by Crippen LogP contribution is -2.48. The van der Waals surface area contributed by atoms with Crippen LogP contribution in [-0.2, 0) is 10.1 Å². The van der Waals surface area contributed by atoms with Crippen LogP contribution in [0.1, 0.15) is 13.8 Å². The summed E-state index contributed by atoms with van der Waals surface area (Å²) < 4.78 is 29.6. The van der Waals surface area contributed by atoms with Gasteiger partial charge in [-0.05, 0) is 0 Å². The minimum atomic E-state index is -3.84. The first-order valence-electron chi connectivity index (χ1n) is 9.49. The van der Waals surface area contributed by atoms with Gasteiger partial charge in [-0.2, -0.15) is 8.42 Å². The Bertz CT molecular complexity index is 408. The van der Waals surface area contributed by atoms with Crippen LogP contribution in [0.2, 0.25) is 0 Å². The second kappa shape index (κ2) is 15.7. The summed E-state index contributed by atoms with van der Waals surface area (Å²) in [5.41, 5.74) is 0. The second-order valence-corrected chi connectivity index (χ2v) is 7.58. The molecular weight excluding hydrogens is 360 g/mol. The summed E-state index contributed by atoms with van der Waals surface area (Å²) in [6.07, 6.45) is 0. The molecule has 0 aromatic carbocycles. The van der Waals surface area contributed by atoms with Crippen LogP contribution in [0.5, 0.6) is 0 Å². The Kier molecular flexibility index (Phi) is 15.5. The third-order valence-electron chi connectivity index (χ3n) is 4.17. The SMILES string of the molecule is CC.O=S(=O)(O)CCN1CCN(CCO)CC1.OCCN1CCNCC1. The molecule has 2 aliphatic heterocycles. The number of aliphatic hydroxyl groups excluding tert-OH is 2. The van der Waals surface area contributed by atoms with E-state index in [2.05, 4.69) is 15.1 Å². The molecule has 10 heteroatoms. The third kappa shape index (κ3) is 13.8. The molecule has 0 spiro atoms. The maximum Gasteiger partial charge on any atom is 0.266 e. The van der Waals surface area contributed by atoms with E-state index in [1.807, 2.05) is 18.7 Å². The lowest BCUT2D eigenvalue weighted by Gasteiger charge is -2.33. The van der Waals surface area contributed by atoms with Gasteiger partial charge in [0.2, 0.25) is 0 Å². The second-order valence-electron chi connectivity index (χ2n) is 6.01. The highest BCUT2D eigenvalue weighted by Gasteiger charge is 2.17. The Hall–Kier alpha value is -0.330. The fourth-order valence-electron chi connectivity index (χ4n) is 2.70. The summed E-state index contributed by atoms with van der Waals surface area (Å²) >= 11 is 0. The van der Waals surface area contributed by atoms with Crippen molar-refractivity contribution in [2.75, 3.05) is 91.0 Å². The predicted molar refractivity (Wildman–Crippen MR) is 104 cm³/mol. The maximum atomic E-state index is 10.5. The molecule has 26 heavy (non-hydrogen) atoms. The quantitative estimate of drug-likeness (QED) is 0.376. The zero-order valence-electron chi connectivity index (χ0n) is 16.3. The van der Waals surface area contributed by atoms with Gasteiger partial charge in [0.05, 0.1) is 19.0 Å². The van der Waals surface area contributed by atoms with Gasteiger partial charge < -0.3 is 15.5 Å². The fourth-order valence-corrected chi connectivity index (χ4v) is 3.19. The van der Waals surface area contributed by atoms with E-state index >= 15 is 0 Å². The van der Waals surface area contributed by atoms with Crippen molar-refractivity contribution >= 4 is 10.1 Å². The van der Waals surface area contributed by atoms with Gasteiger partial charge in [-0.3, -0.25) is 19.3 Å². The molecule has 9 nitrogen and oxygen atoms in total. The number of nitrogens with one attached hydrogen (secondary N) is 1. The summed E-state index contributed by atoms with van der Waals surface area (Å²) in [5.74, 6) is -0.201. The van der Waals surface area contributed by atoms with Crippen LogP contribution in [0.25, 0.3) is 0 Å². The average Bonchev–Trinajstić information content (AvgIpc) is 2.64. The van der Waals surface area contributed by atoms with Gasteiger partial charge in [0.1, 0.15) is 0 Å². The summed E-state index contributed by atoms with van der Waals surface area (Å²) in [6.45, 7) is 13.9. The highest BCUT2D eigenvalue weighted by molar-refractivity contribution is 7.85. The van der Waals surface area contributed by atoms with Crippen molar-refractivity contribution in [2.24, 2.45) is 0 Å². The lowest BCUT2D eigenvalue weighted by atomic mass is 10.3. The largest absolute Gasteiger partial charge is 0.395 e. The minimum absolute atomic E-state index is 0.158. The number of rotatable bonds is 7. The maximum absolute atomic E-state index is 10.5. The van der Waals surface area contributed by atoms with Crippen LogP contribution in [0.4, 0.5) is 0 Å². The molecule has 0 bridgehead atoms. The molecule has 2 aliphatic rings. The molecule has 4 N–H and O–H groups in total. The van der Waals surface area contributed by atoms with Crippen molar-refractivity contribution in [3.8, 4) is 0 Å². The molecule has 158 valence electrons. The first-order valence-corrected chi connectivity index (χ1v) is 11.1. The van der Waals surface area contributed by atoms with Crippen molar-refractivity contribution in [2.45, 2.75) is 13.8 Å². The van der Waals surface area contributed by atoms with Crippen molar-refractivity contribution in [1.29, 1.82) is 0 Å². The normalized spacial score (nSPS) is 19.9. The molecule has 0 unspecified atom stereocenters. The number of piperazine rings is 2. The molecular formula is C16H38N4O5S. The monoisotopic (exact) mass is 398 g/mol. The highest BCUT2D eigenvalue weighted by Crippen LogP contribution is 2.01. The Labute approximate surface area is 158 Å². The molecule has 2 heterocycles. The van der Waals surface area contributed by atoms with Crippen molar-refractivity contribution in [3.05, 3.63) is 0 Å². The summed E-state index contributed by atoms with van der Waals surface area (Å²) in [4.78, 5) is 6.39. The van der Waals surface area contributed by atoms with Crippen molar-refractivity contribution in [1.82, 2.24) is 20.0 Å². The van der Waals surface area contributed by atoms with Gasteiger partial charge in [-0.1, -0.05) is 13.8 Å². The Balaban J connectivity index is 0.000000484. The first-order chi connectivity index (χ1) is 12.4. The summed E-state index contributed by atoms with van der Waals surface area (Å²) in [7, 11) is -3.84. The van der Waals surface area contributed by atoms with E-state index in [4.69, 9.17) is 14.8 Å². The molecule has 2 fully saturated rings. The van der Waals surface area contributed by atoms with Crippen LogP contribution in [0.3, 0.4) is 0 Å². The molecule has 2 rings (SSSR count). The summed E-state index contributed by atoms with van der Waals surface area (Å²) in [6, 6.07) is 0. The predicted octanol–water partition coefficient (Wildman–Crippen LogP) is -1.61. The van der Waals surface area contributed by atoms with Crippen molar-refractivity contribution < 1.29 is 23.2 Å². The molecule has 0 aromatic heterocycles. The van der Waals surface area contributed by atoms with E-state index in [0.29, 0.717) is 19.7 Å². The van der Waals surface area contributed by atoms with Gasteiger partial charge in [-0.25, -0.2) is 0 Å². The Morgan fingerprint density at radius 3 is 1.54 bits per heavy atom. The first kappa shape index (κ1) is 25.7. The molecule has 0 aliphatic carbocycles. The lowest BCUT2D eigenvalue weighted by molar-refractivity contribution is 0.116. The van der Waals surface area contributed by atoms with Gasteiger partial charge in [0, 0.05) is 72.0 Å². The smallest absolute Gasteiger partial charge is 0.266 e. The standard InChI is InChI=1S/C8H18N2O4S.C6H14N2O.C2H6/c11-7-5-9-1-3-10(4-2-9)6-8-15(12,13)14;9-6-5-8-3-1-7-2-4-8;1-2/h11H,1-8H2,(H,12,13,14);7,9H,1-6H2;1-2H3. The van der Waals surface area contributed by atoms with E-state index in [1.54, 1.807) is 0 Å². The molecule has 0 atom stereocenters. The zero-order chi connectivity index (χ0) is 19.8. The number of nitrogens with zero attached hydrogens (tertiary/aromatic N) is 3. The average molecular weight is 399 g/mol. The topological polar surface area (TPSA) is 117 Å². The van der Waals surface area contributed by atoms with Crippen molar-refractivity contribution in [3.63, 3.8) is 0 Å². The fraction of sp³-hybridized carbons (Fsp3) is 1.00. The van der Waals surface area contributed by atoms with Gasteiger partial charge in [0.25, 0.3) is 10.1 Å². The summed E-state index contributed by atoms with van der Waals surface area (Å²) in [5, 5.41) is 20.5. The van der Waals surface area contributed by atoms with Crippen LogP contribution in [0.15, 0.2) is 0 Å². The van der Waals surface area contributed by atoms with Crippen LogP contribution >= 0.6 is 0 Å². The van der Waals surface area contributed by atoms with Crippen LogP contribution < -0.4 is 5.32 Å². The minimum Gasteiger partial charge on any atom is -0.395 e. The highest BCUT2D eigenvalue weighted by atomic mass is 32.2. The molecule has 0 saturated carbocycles. The number of β-amino-alcohol motifs (C(OH)–C–C–N with tert-alkyl or cyclic N) is 2. The van der Waals surface area contributed by atoms with Gasteiger partial charge >= 0.3 is 0 Å². The molecule has 2 saturated heterocycles. The van der Waals surface area contributed by atoms with E-state index in [-0.39, 0.29) is 12.4 Å². The number of hydrogen-bond donors (Lipinski definition) is 4. The van der Waals surface area contributed by atoms with Crippen LogP contribution in [-0.4, -0.2) is 129 Å². The van der Waals surface area contributed by atoms with E-state index in [9.17, 15) is 8.42 Å². The zero-order valence-corrected chi connectivity index (χ0v) is 17.1. The van der Waals surface area contributed by atoms with E-state index < -0.39 is 10.1 Å². The van der Waals surface area contributed by atoms with E-state index in [1.165, 1.54) is 0 Å². The number of hydrogen-bond acceptors (Lipinski definition) is 8. The molecule has 0 aromatic rings. The van der Waals surface area contributed by atoms with Gasteiger partial charge in [0.15, 0.2) is 0 Å². The Morgan fingerprint density at radius 1 is 0.769 bits per heavy atom. The molecule has 0 radical (unpaired) electrons. The van der Waals surface area contributed by atoms with E-state index in [0.717, 1.165) is 58.9 Å². The van der Waals surface area contributed by atoms with Gasteiger partial charge in [-0.15, -0.1) is 0 Å². The van der Waals surface area contributed by atoms with Crippen LogP contribution in [0, 0.1) is 0 Å². The Morgan fingerprint density at radius 2 is 1.15 bits per heavy atom.